The predicted octanol–water partition coefficient (Wildman–Crippen LogP) is 5.14. The summed E-state index contributed by atoms with van der Waals surface area (Å²) in [7, 11) is -4.15. The number of piperidine rings is 1. The molecular formula is C27H27F3N2O6S. The maximum absolute atomic E-state index is 13.8. The van der Waals surface area contributed by atoms with Crippen LogP contribution in [0.3, 0.4) is 0 Å². The fourth-order valence-corrected chi connectivity index (χ4v) is 6.34. The normalized spacial score (nSPS) is 15.9. The van der Waals surface area contributed by atoms with E-state index in [0.717, 1.165) is 17.8 Å². The first-order valence-corrected chi connectivity index (χ1v) is 13.7. The van der Waals surface area contributed by atoms with Crippen LogP contribution in [0.1, 0.15) is 25.5 Å². The van der Waals surface area contributed by atoms with Gasteiger partial charge in [0.15, 0.2) is 14.6 Å². The Morgan fingerprint density at radius 3 is 2.08 bits per heavy atom. The molecule has 0 unspecified atom stereocenters. The van der Waals surface area contributed by atoms with E-state index in [9.17, 15) is 26.4 Å². The second-order valence-corrected chi connectivity index (χ2v) is 11.2. The van der Waals surface area contributed by atoms with E-state index in [4.69, 9.17) is 9.47 Å². The summed E-state index contributed by atoms with van der Waals surface area (Å²) in [6.07, 6.45) is -2.99. The minimum Gasteiger partial charge on any atom is -0.465 e. The highest BCUT2D eigenvalue weighted by Gasteiger charge is 2.54. The van der Waals surface area contributed by atoms with Crippen molar-refractivity contribution in [3.63, 3.8) is 0 Å². The lowest BCUT2D eigenvalue weighted by molar-refractivity contribution is -0.274. The molecule has 0 radical (unpaired) electrons. The number of nitrogens with zero attached hydrogens (tertiary/aromatic N) is 2. The maximum Gasteiger partial charge on any atom is 0.573 e. The third kappa shape index (κ3) is 6.69. The zero-order chi connectivity index (χ0) is 28.1. The Kier molecular flexibility index (Phi) is 8.45. The summed E-state index contributed by atoms with van der Waals surface area (Å²) in [5, 5.41) is 0. The van der Waals surface area contributed by atoms with Gasteiger partial charge in [-0.15, -0.1) is 13.2 Å². The fourth-order valence-electron chi connectivity index (χ4n) is 4.40. The number of ether oxygens (including phenoxy) is 3. The highest BCUT2D eigenvalue weighted by molar-refractivity contribution is 7.93. The fraction of sp³-hybridized carbons (Fsp3) is 0.333. The molecule has 0 spiro atoms. The molecule has 39 heavy (non-hydrogen) atoms. The van der Waals surface area contributed by atoms with Crippen LogP contribution in [-0.2, 0) is 25.9 Å². The van der Waals surface area contributed by atoms with Gasteiger partial charge < -0.3 is 14.2 Å². The molecule has 4 rings (SSSR count). The van der Waals surface area contributed by atoms with Crippen molar-refractivity contribution in [2.45, 2.75) is 42.3 Å². The third-order valence-electron chi connectivity index (χ3n) is 6.36. The van der Waals surface area contributed by atoms with Gasteiger partial charge in [0.2, 0.25) is 0 Å². The van der Waals surface area contributed by atoms with Crippen molar-refractivity contribution in [3.8, 4) is 17.2 Å². The quantitative estimate of drug-likeness (QED) is 0.330. The summed E-state index contributed by atoms with van der Waals surface area (Å²) in [6, 6.07) is 15.9. The van der Waals surface area contributed by atoms with Crippen LogP contribution in [0.15, 0.2) is 77.8 Å². The van der Waals surface area contributed by atoms with E-state index in [1.807, 2.05) is 18.2 Å². The largest absolute Gasteiger partial charge is 0.573 e. The van der Waals surface area contributed by atoms with Crippen molar-refractivity contribution < 1.29 is 40.6 Å². The maximum atomic E-state index is 13.8. The van der Waals surface area contributed by atoms with Gasteiger partial charge in [0.25, 0.3) is 0 Å². The highest BCUT2D eigenvalue weighted by Crippen LogP contribution is 2.38. The van der Waals surface area contributed by atoms with Gasteiger partial charge in [0, 0.05) is 25.8 Å². The van der Waals surface area contributed by atoms with Crippen LogP contribution in [0, 0.1) is 0 Å². The van der Waals surface area contributed by atoms with Crippen LogP contribution < -0.4 is 9.47 Å². The molecule has 8 nitrogen and oxygen atoms in total. The number of pyridine rings is 1. The number of aromatic nitrogens is 1. The number of esters is 1. The van der Waals surface area contributed by atoms with E-state index in [1.54, 1.807) is 13.1 Å². The zero-order valence-electron chi connectivity index (χ0n) is 21.1. The summed E-state index contributed by atoms with van der Waals surface area (Å²) < 4.78 is 77.7. The number of hydrogen-bond donors (Lipinski definition) is 0. The van der Waals surface area contributed by atoms with E-state index in [0.29, 0.717) is 19.6 Å². The van der Waals surface area contributed by atoms with Gasteiger partial charge in [-0.1, -0.05) is 6.07 Å². The molecule has 3 aromatic rings. The van der Waals surface area contributed by atoms with Gasteiger partial charge in [0.1, 0.15) is 17.2 Å². The summed E-state index contributed by atoms with van der Waals surface area (Å²) in [4.78, 5) is 19.4. The molecule has 1 aliphatic heterocycles. The van der Waals surface area contributed by atoms with Gasteiger partial charge in [-0.3, -0.25) is 14.7 Å². The van der Waals surface area contributed by atoms with Crippen molar-refractivity contribution in [1.29, 1.82) is 0 Å². The van der Waals surface area contributed by atoms with Crippen LogP contribution in [0.5, 0.6) is 17.2 Å². The molecule has 0 amide bonds. The van der Waals surface area contributed by atoms with Crippen molar-refractivity contribution in [2.24, 2.45) is 0 Å². The first-order valence-electron chi connectivity index (χ1n) is 12.2. The Morgan fingerprint density at radius 1 is 0.949 bits per heavy atom. The molecule has 1 aliphatic rings. The van der Waals surface area contributed by atoms with Crippen LogP contribution in [-0.4, -0.2) is 55.1 Å². The summed E-state index contributed by atoms with van der Waals surface area (Å²) in [6.45, 7) is 2.94. The van der Waals surface area contributed by atoms with E-state index >= 15 is 0 Å². The molecule has 2 aromatic carbocycles. The van der Waals surface area contributed by atoms with Gasteiger partial charge in [-0.05, 0) is 80.4 Å². The Morgan fingerprint density at radius 2 is 1.54 bits per heavy atom. The average Bonchev–Trinajstić information content (AvgIpc) is 2.90. The molecule has 12 heteroatoms. The van der Waals surface area contributed by atoms with Gasteiger partial charge in [-0.2, -0.15) is 0 Å². The molecule has 1 fully saturated rings. The standard InChI is InChI=1S/C27H27F3N2O6S/c1-2-36-25(33)26(14-17-32(18-15-26)19-20-5-3-4-16-31-20)39(34,35)24-12-10-22(11-13-24)37-21-6-8-23(9-7-21)38-27(28,29)30/h3-13,16H,2,14-15,17-19H2,1H3. The lowest BCUT2D eigenvalue weighted by atomic mass is 9.95. The molecule has 0 atom stereocenters. The Labute approximate surface area is 224 Å². The summed E-state index contributed by atoms with van der Waals surface area (Å²) in [5.41, 5.74) is 0.849. The van der Waals surface area contributed by atoms with Crippen molar-refractivity contribution in [1.82, 2.24) is 9.88 Å². The molecule has 0 bridgehead atoms. The number of halogens is 3. The zero-order valence-corrected chi connectivity index (χ0v) is 21.9. The number of alkyl halides is 3. The number of rotatable bonds is 9. The summed E-state index contributed by atoms with van der Waals surface area (Å²) >= 11 is 0. The number of sulfone groups is 1. The molecule has 208 valence electrons. The number of carbonyl (C=O) groups excluding carboxylic acids is 1. The van der Waals surface area contributed by atoms with E-state index in [1.165, 1.54) is 36.4 Å². The van der Waals surface area contributed by atoms with Crippen molar-refractivity contribution in [2.75, 3.05) is 19.7 Å². The lowest BCUT2D eigenvalue weighted by Gasteiger charge is -2.39. The topological polar surface area (TPSA) is 95.0 Å². The van der Waals surface area contributed by atoms with Crippen LogP contribution in [0.25, 0.3) is 0 Å². The minimum atomic E-state index is -4.81. The lowest BCUT2D eigenvalue weighted by Crippen LogP contribution is -2.54. The SMILES string of the molecule is CCOC(=O)C1(S(=O)(=O)c2ccc(Oc3ccc(OC(F)(F)F)cc3)cc2)CCN(Cc2ccccn2)CC1. The second kappa shape index (κ2) is 11.6. The number of likely N-dealkylation sites (tertiary alicyclic amines) is 1. The summed E-state index contributed by atoms with van der Waals surface area (Å²) in [5.74, 6) is -0.687. The van der Waals surface area contributed by atoms with Crippen molar-refractivity contribution in [3.05, 3.63) is 78.6 Å². The number of hydrogen-bond acceptors (Lipinski definition) is 8. The van der Waals surface area contributed by atoms with E-state index < -0.39 is 32.7 Å². The molecule has 0 aliphatic carbocycles. The van der Waals surface area contributed by atoms with Crippen molar-refractivity contribution >= 4 is 15.8 Å². The van der Waals surface area contributed by atoms with Crippen LogP contribution in [0.4, 0.5) is 13.2 Å². The van der Waals surface area contributed by atoms with Gasteiger partial charge >= 0.3 is 12.3 Å². The molecule has 0 saturated carbocycles. The van der Waals surface area contributed by atoms with Crippen LogP contribution in [0.2, 0.25) is 0 Å². The first kappa shape index (κ1) is 28.4. The third-order valence-corrected chi connectivity index (χ3v) is 8.86. The number of carbonyl (C=O) groups is 1. The van der Waals surface area contributed by atoms with Gasteiger partial charge in [0.05, 0.1) is 17.2 Å². The number of benzene rings is 2. The molecular weight excluding hydrogens is 537 g/mol. The highest BCUT2D eigenvalue weighted by atomic mass is 32.2. The molecule has 1 aromatic heterocycles. The predicted molar refractivity (Wildman–Crippen MR) is 135 cm³/mol. The Balaban J connectivity index is 1.49. The first-order chi connectivity index (χ1) is 18.5. The molecule has 0 N–H and O–H groups in total. The average molecular weight is 565 g/mol. The minimum absolute atomic E-state index is 0.0489. The smallest absolute Gasteiger partial charge is 0.465 e. The molecule has 1 saturated heterocycles. The molecule has 2 heterocycles. The monoisotopic (exact) mass is 564 g/mol. The van der Waals surface area contributed by atoms with E-state index in [-0.39, 0.29) is 35.8 Å². The Bertz CT molecular complexity index is 1360. The van der Waals surface area contributed by atoms with E-state index in [2.05, 4.69) is 14.6 Å². The van der Waals surface area contributed by atoms with Crippen LogP contribution >= 0.6 is 0 Å². The van der Waals surface area contributed by atoms with Gasteiger partial charge in [-0.25, -0.2) is 8.42 Å². The Hall–Kier alpha value is -3.64. The second-order valence-electron chi connectivity index (χ2n) is 8.91.